The van der Waals surface area contributed by atoms with E-state index in [1.165, 1.54) is 244 Å². The Morgan fingerprint density at radius 3 is 1.11 bits per heavy atom. The monoisotopic (exact) mass is 904 g/mol. The third-order valence-corrected chi connectivity index (χ3v) is 13.6. The first-order valence-corrected chi connectivity index (χ1v) is 28.9. The van der Waals surface area contributed by atoms with Crippen molar-refractivity contribution in [1.29, 1.82) is 0 Å². The first-order chi connectivity index (χ1) is 31.5. The Kier molecular flexibility index (Phi) is 53.0. The average Bonchev–Trinajstić information content (AvgIpc) is 3.29. The van der Waals surface area contributed by atoms with Crippen molar-refractivity contribution < 1.29 is 24.5 Å². The number of aliphatic hydroxyl groups is 2. The lowest BCUT2D eigenvalue weighted by Gasteiger charge is -2.22. The van der Waals surface area contributed by atoms with Crippen LogP contribution in [-0.2, 0) is 14.3 Å². The summed E-state index contributed by atoms with van der Waals surface area (Å²) in [7, 11) is 0. The number of nitrogens with one attached hydrogen (secondary N) is 1. The van der Waals surface area contributed by atoms with E-state index < -0.39 is 12.1 Å². The van der Waals surface area contributed by atoms with Gasteiger partial charge in [-0.05, 0) is 51.4 Å². The summed E-state index contributed by atoms with van der Waals surface area (Å²) in [4.78, 5) is 24.5. The van der Waals surface area contributed by atoms with Crippen LogP contribution in [-0.4, -0.2) is 47.4 Å². The van der Waals surface area contributed by atoms with Crippen molar-refractivity contribution in [3.05, 3.63) is 12.2 Å². The van der Waals surface area contributed by atoms with E-state index in [0.29, 0.717) is 25.9 Å². The van der Waals surface area contributed by atoms with E-state index in [4.69, 9.17) is 4.74 Å². The van der Waals surface area contributed by atoms with Crippen LogP contribution in [0.4, 0.5) is 0 Å². The molecule has 0 saturated carbocycles. The number of unbranched alkanes of at least 4 members (excludes halogenated alkanes) is 41. The number of hydrogen-bond donors (Lipinski definition) is 3. The highest BCUT2D eigenvalue weighted by atomic mass is 16.5. The second-order valence-electron chi connectivity index (χ2n) is 20.0. The standard InChI is InChI=1S/C58H113NO5/c1-3-5-7-9-11-13-15-17-22-26-30-34-38-42-46-50-56(61)55(54-60)59-57(62)51-47-43-39-35-31-27-24-20-19-21-25-29-33-37-41-45-49-53-64-58(63)52-48-44-40-36-32-28-23-18-16-14-12-10-8-6-4-2/h18,23,55-56,60-61H,3-17,19-22,24-54H2,1-2H3,(H,59,62)/b23-18-. The summed E-state index contributed by atoms with van der Waals surface area (Å²) >= 11 is 0. The van der Waals surface area contributed by atoms with Crippen molar-refractivity contribution in [2.24, 2.45) is 0 Å². The van der Waals surface area contributed by atoms with Crippen molar-refractivity contribution in [2.75, 3.05) is 13.2 Å². The predicted octanol–water partition coefficient (Wildman–Crippen LogP) is 17.7. The Labute approximate surface area is 399 Å². The lowest BCUT2D eigenvalue weighted by atomic mass is 10.0. The molecule has 1 amide bonds. The molecule has 64 heavy (non-hydrogen) atoms. The summed E-state index contributed by atoms with van der Waals surface area (Å²) in [5.41, 5.74) is 0. The fraction of sp³-hybridized carbons (Fsp3) is 0.931. The zero-order valence-corrected chi connectivity index (χ0v) is 43.3. The van der Waals surface area contributed by atoms with Gasteiger partial charge in [0.1, 0.15) is 0 Å². The van der Waals surface area contributed by atoms with Gasteiger partial charge in [0.25, 0.3) is 0 Å². The second-order valence-corrected chi connectivity index (χ2v) is 20.0. The maximum Gasteiger partial charge on any atom is 0.305 e. The van der Waals surface area contributed by atoms with E-state index >= 15 is 0 Å². The third kappa shape index (κ3) is 50.0. The number of carbonyl (C=O) groups excluding carboxylic acids is 2. The number of allylic oxidation sites excluding steroid dienone is 2. The van der Waals surface area contributed by atoms with Gasteiger partial charge in [0, 0.05) is 12.8 Å². The van der Waals surface area contributed by atoms with Crippen LogP contribution in [0.2, 0.25) is 0 Å². The number of esters is 1. The Hall–Kier alpha value is -1.40. The zero-order valence-electron chi connectivity index (χ0n) is 43.3. The van der Waals surface area contributed by atoms with Crippen LogP contribution in [0.15, 0.2) is 12.2 Å². The molecule has 0 aromatic carbocycles. The molecule has 6 nitrogen and oxygen atoms in total. The molecule has 0 bridgehead atoms. The van der Waals surface area contributed by atoms with E-state index in [2.05, 4.69) is 31.3 Å². The van der Waals surface area contributed by atoms with Crippen LogP contribution in [0.3, 0.4) is 0 Å². The van der Waals surface area contributed by atoms with Gasteiger partial charge >= 0.3 is 5.97 Å². The minimum Gasteiger partial charge on any atom is -0.466 e. The molecule has 0 rings (SSSR count). The maximum absolute atomic E-state index is 12.5. The van der Waals surface area contributed by atoms with Gasteiger partial charge in [-0.3, -0.25) is 9.59 Å². The van der Waals surface area contributed by atoms with E-state index in [0.717, 1.165) is 44.9 Å². The summed E-state index contributed by atoms with van der Waals surface area (Å²) in [5, 5.41) is 23.3. The molecule has 0 saturated heterocycles. The van der Waals surface area contributed by atoms with Crippen molar-refractivity contribution in [3.63, 3.8) is 0 Å². The number of carbonyl (C=O) groups is 2. The molecule has 6 heteroatoms. The van der Waals surface area contributed by atoms with Gasteiger partial charge in [0.2, 0.25) is 5.91 Å². The average molecular weight is 905 g/mol. The molecule has 0 fully saturated rings. The minimum atomic E-state index is -0.667. The Bertz CT molecular complexity index is 955. The SMILES string of the molecule is CCCCCCCC/C=C\CCCCCCCC(=O)OCCCCCCCCCCCCCCCCCCCC(=O)NC(CO)C(O)CCCCCCCCCCCCCCCCC. The number of ether oxygens (including phenoxy) is 1. The molecule has 0 aromatic heterocycles. The molecule has 2 unspecified atom stereocenters. The molecular weight excluding hydrogens is 791 g/mol. The van der Waals surface area contributed by atoms with Gasteiger partial charge in [0.15, 0.2) is 0 Å². The maximum atomic E-state index is 12.5. The van der Waals surface area contributed by atoms with E-state index in [1.54, 1.807) is 0 Å². The zero-order chi connectivity index (χ0) is 46.5. The normalized spacial score (nSPS) is 12.6. The van der Waals surface area contributed by atoms with E-state index in [1.807, 2.05) is 0 Å². The van der Waals surface area contributed by atoms with Crippen molar-refractivity contribution >= 4 is 11.9 Å². The lowest BCUT2D eigenvalue weighted by Crippen LogP contribution is -2.45. The van der Waals surface area contributed by atoms with Gasteiger partial charge in [-0.1, -0.05) is 270 Å². The highest BCUT2D eigenvalue weighted by molar-refractivity contribution is 5.76. The summed E-state index contributed by atoms with van der Waals surface area (Å²) in [6.45, 7) is 4.95. The third-order valence-electron chi connectivity index (χ3n) is 13.6. The first-order valence-electron chi connectivity index (χ1n) is 28.9. The van der Waals surface area contributed by atoms with Crippen molar-refractivity contribution in [2.45, 2.75) is 334 Å². The van der Waals surface area contributed by atoms with Gasteiger partial charge in [0.05, 0.1) is 25.4 Å². The second kappa shape index (κ2) is 54.2. The number of rotatable bonds is 54. The molecule has 3 N–H and O–H groups in total. The smallest absolute Gasteiger partial charge is 0.305 e. The van der Waals surface area contributed by atoms with Crippen LogP contribution >= 0.6 is 0 Å². The summed E-state index contributed by atoms with van der Waals surface area (Å²) in [5.74, 6) is -0.0404. The summed E-state index contributed by atoms with van der Waals surface area (Å²) in [6.07, 6.45) is 63.4. The highest BCUT2D eigenvalue weighted by Crippen LogP contribution is 2.17. The van der Waals surface area contributed by atoms with E-state index in [-0.39, 0.29) is 18.5 Å². The fourth-order valence-corrected chi connectivity index (χ4v) is 9.11. The molecule has 0 spiro atoms. The van der Waals surface area contributed by atoms with Crippen LogP contribution in [0.25, 0.3) is 0 Å². The lowest BCUT2D eigenvalue weighted by molar-refractivity contribution is -0.143. The Morgan fingerprint density at radius 1 is 0.422 bits per heavy atom. The molecule has 380 valence electrons. The van der Waals surface area contributed by atoms with Crippen molar-refractivity contribution in [1.82, 2.24) is 5.32 Å². The molecule has 0 radical (unpaired) electrons. The number of aliphatic hydroxyl groups excluding tert-OH is 2. The molecule has 0 aliphatic heterocycles. The quantitative estimate of drug-likeness (QED) is 0.0321. The molecule has 0 heterocycles. The van der Waals surface area contributed by atoms with E-state index in [9.17, 15) is 19.8 Å². The molecule has 0 aliphatic carbocycles. The van der Waals surface area contributed by atoms with Crippen LogP contribution in [0.5, 0.6) is 0 Å². The molecule has 0 aliphatic rings. The van der Waals surface area contributed by atoms with Gasteiger partial charge in [-0.15, -0.1) is 0 Å². The Morgan fingerprint density at radius 2 is 0.734 bits per heavy atom. The largest absolute Gasteiger partial charge is 0.466 e. The highest BCUT2D eigenvalue weighted by Gasteiger charge is 2.20. The summed E-state index contributed by atoms with van der Waals surface area (Å²) in [6, 6.07) is -0.545. The minimum absolute atomic E-state index is 0.00193. The van der Waals surface area contributed by atoms with Crippen molar-refractivity contribution in [3.8, 4) is 0 Å². The number of amides is 1. The van der Waals surface area contributed by atoms with Crippen LogP contribution in [0, 0.1) is 0 Å². The van der Waals surface area contributed by atoms with Crippen LogP contribution < -0.4 is 5.32 Å². The molecule has 2 atom stereocenters. The number of hydrogen-bond acceptors (Lipinski definition) is 5. The van der Waals surface area contributed by atoms with Gasteiger partial charge < -0.3 is 20.3 Å². The van der Waals surface area contributed by atoms with Crippen LogP contribution in [0.1, 0.15) is 322 Å². The fourth-order valence-electron chi connectivity index (χ4n) is 9.11. The summed E-state index contributed by atoms with van der Waals surface area (Å²) < 4.78 is 5.47. The molecule has 0 aromatic rings. The predicted molar refractivity (Wildman–Crippen MR) is 278 cm³/mol. The molecular formula is C58H113NO5. The Balaban J connectivity index is 3.41. The topological polar surface area (TPSA) is 95.9 Å². The van der Waals surface area contributed by atoms with Gasteiger partial charge in [-0.2, -0.15) is 0 Å². The van der Waals surface area contributed by atoms with Gasteiger partial charge in [-0.25, -0.2) is 0 Å². The first kappa shape index (κ1) is 62.6.